The number of nitrogens with one attached hydrogen (secondary N) is 1. The number of nitrogens with zero attached hydrogens (tertiary/aromatic N) is 3. The topological polar surface area (TPSA) is 112 Å². The molecule has 1 rings (SSSR count). The van der Waals surface area contributed by atoms with E-state index in [9.17, 15) is 0 Å². The third kappa shape index (κ3) is 3.55. The summed E-state index contributed by atoms with van der Waals surface area (Å²) >= 11 is 0. The summed E-state index contributed by atoms with van der Waals surface area (Å²) in [5, 5.41) is 2.97. The zero-order valence-corrected chi connectivity index (χ0v) is 8.90. The molecule has 0 aromatic carbocycles. The SMILES string of the molecule is CCCC(Nc1nc(N)nc(N)n1)OC. The van der Waals surface area contributed by atoms with Crippen molar-refractivity contribution in [1.29, 1.82) is 0 Å². The molecule has 0 bridgehead atoms. The minimum Gasteiger partial charge on any atom is -0.368 e. The second-order valence-electron chi connectivity index (χ2n) is 3.03. The van der Waals surface area contributed by atoms with Crippen molar-refractivity contribution >= 4 is 17.8 Å². The predicted molar refractivity (Wildman–Crippen MR) is 58.0 cm³/mol. The van der Waals surface area contributed by atoms with Gasteiger partial charge in [0.15, 0.2) is 0 Å². The number of nitrogens with two attached hydrogens (primary N) is 2. The first-order valence-corrected chi connectivity index (χ1v) is 4.72. The van der Waals surface area contributed by atoms with Crippen LogP contribution in [0.15, 0.2) is 0 Å². The summed E-state index contributed by atoms with van der Waals surface area (Å²) < 4.78 is 5.18. The number of ether oxygens (including phenoxy) is 1. The van der Waals surface area contributed by atoms with Crippen LogP contribution in [-0.2, 0) is 4.74 Å². The van der Waals surface area contributed by atoms with Crippen molar-refractivity contribution in [3.63, 3.8) is 0 Å². The molecule has 84 valence electrons. The number of methoxy groups -OCH3 is 1. The van der Waals surface area contributed by atoms with Crippen molar-refractivity contribution in [3.8, 4) is 0 Å². The Labute approximate surface area is 88.3 Å². The van der Waals surface area contributed by atoms with Gasteiger partial charge in [0.2, 0.25) is 17.8 Å². The minimum atomic E-state index is -0.142. The Kier molecular flexibility index (Phi) is 4.04. The summed E-state index contributed by atoms with van der Waals surface area (Å²) in [6.07, 6.45) is 1.69. The van der Waals surface area contributed by atoms with Crippen molar-refractivity contribution in [3.05, 3.63) is 0 Å². The van der Waals surface area contributed by atoms with Gasteiger partial charge in [-0.3, -0.25) is 0 Å². The molecule has 7 nitrogen and oxygen atoms in total. The zero-order chi connectivity index (χ0) is 11.3. The second-order valence-corrected chi connectivity index (χ2v) is 3.03. The van der Waals surface area contributed by atoms with Crippen LogP contribution in [0.1, 0.15) is 19.8 Å². The van der Waals surface area contributed by atoms with E-state index in [1.54, 1.807) is 7.11 Å². The van der Waals surface area contributed by atoms with Crippen LogP contribution in [0.4, 0.5) is 17.8 Å². The van der Waals surface area contributed by atoms with Gasteiger partial charge in [-0.15, -0.1) is 0 Å². The molecule has 7 heteroatoms. The summed E-state index contributed by atoms with van der Waals surface area (Å²) in [4.78, 5) is 11.4. The molecular weight excluding hydrogens is 196 g/mol. The van der Waals surface area contributed by atoms with Crippen LogP contribution in [0.3, 0.4) is 0 Å². The Morgan fingerprint density at radius 3 is 2.33 bits per heavy atom. The highest BCUT2D eigenvalue weighted by Crippen LogP contribution is 2.08. The van der Waals surface area contributed by atoms with E-state index < -0.39 is 0 Å². The lowest BCUT2D eigenvalue weighted by atomic mass is 10.3. The molecule has 0 fully saturated rings. The molecule has 1 unspecified atom stereocenters. The van der Waals surface area contributed by atoms with Gasteiger partial charge >= 0.3 is 0 Å². The smallest absolute Gasteiger partial charge is 0.231 e. The minimum absolute atomic E-state index is 0.0938. The van der Waals surface area contributed by atoms with E-state index in [1.165, 1.54) is 0 Å². The Morgan fingerprint density at radius 2 is 1.87 bits per heavy atom. The quantitative estimate of drug-likeness (QED) is 0.598. The fourth-order valence-corrected chi connectivity index (χ4v) is 1.13. The zero-order valence-electron chi connectivity index (χ0n) is 8.90. The van der Waals surface area contributed by atoms with Gasteiger partial charge in [-0.1, -0.05) is 13.3 Å². The van der Waals surface area contributed by atoms with Gasteiger partial charge in [0.05, 0.1) is 0 Å². The van der Waals surface area contributed by atoms with Crippen molar-refractivity contribution < 1.29 is 4.74 Å². The van der Waals surface area contributed by atoms with Gasteiger partial charge in [-0.25, -0.2) is 0 Å². The number of aromatic nitrogens is 3. The van der Waals surface area contributed by atoms with Crippen LogP contribution in [0.5, 0.6) is 0 Å². The van der Waals surface area contributed by atoms with Gasteiger partial charge in [-0.2, -0.15) is 15.0 Å². The molecule has 0 aliphatic rings. The fourth-order valence-electron chi connectivity index (χ4n) is 1.13. The molecule has 1 atom stereocenters. The maximum atomic E-state index is 5.43. The van der Waals surface area contributed by atoms with E-state index in [0.717, 1.165) is 12.8 Å². The average Bonchev–Trinajstić information content (AvgIpc) is 2.15. The third-order valence-corrected chi connectivity index (χ3v) is 1.80. The Bertz CT molecular complexity index is 298. The first-order valence-electron chi connectivity index (χ1n) is 4.72. The van der Waals surface area contributed by atoms with Crippen LogP contribution in [0.25, 0.3) is 0 Å². The highest BCUT2D eigenvalue weighted by atomic mass is 16.5. The molecule has 0 saturated carbocycles. The van der Waals surface area contributed by atoms with Gasteiger partial charge in [0.25, 0.3) is 0 Å². The number of hydrogen-bond acceptors (Lipinski definition) is 7. The summed E-state index contributed by atoms with van der Waals surface area (Å²) in [5.74, 6) is 0.521. The van der Waals surface area contributed by atoms with E-state index in [0.29, 0.717) is 5.95 Å². The maximum absolute atomic E-state index is 5.43. The maximum Gasteiger partial charge on any atom is 0.231 e. The van der Waals surface area contributed by atoms with Crippen molar-refractivity contribution in [1.82, 2.24) is 15.0 Å². The molecule has 0 spiro atoms. The lowest BCUT2D eigenvalue weighted by molar-refractivity contribution is 0.117. The van der Waals surface area contributed by atoms with Crippen LogP contribution in [0.2, 0.25) is 0 Å². The van der Waals surface area contributed by atoms with E-state index in [4.69, 9.17) is 16.2 Å². The lowest BCUT2D eigenvalue weighted by Gasteiger charge is -2.15. The summed E-state index contributed by atoms with van der Waals surface area (Å²) in [7, 11) is 1.61. The summed E-state index contributed by atoms with van der Waals surface area (Å²) in [5.41, 5.74) is 10.9. The lowest BCUT2D eigenvalue weighted by Crippen LogP contribution is -2.23. The molecule has 0 aliphatic carbocycles. The van der Waals surface area contributed by atoms with Gasteiger partial charge in [0.1, 0.15) is 6.23 Å². The monoisotopic (exact) mass is 212 g/mol. The van der Waals surface area contributed by atoms with Gasteiger partial charge in [-0.05, 0) is 6.42 Å². The molecule has 0 aliphatic heterocycles. The number of nitrogen functional groups attached to an aromatic ring is 2. The van der Waals surface area contributed by atoms with Crippen LogP contribution < -0.4 is 16.8 Å². The average molecular weight is 212 g/mol. The molecular formula is C8H16N6O. The molecule has 15 heavy (non-hydrogen) atoms. The van der Waals surface area contributed by atoms with E-state index >= 15 is 0 Å². The number of rotatable bonds is 5. The third-order valence-electron chi connectivity index (χ3n) is 1.80. The Hall–Kier alpha value is -1.63. The second kappa shape index (κ2) is 5.30. The molecule has 1 heterocycles. The first-order chi connectivity index (χ1) is 7.15. The number of hydrogen-bond donors (Lipinski definition) is 3. The Balaban J connectivity index is 2.69. The molecule has 1 aromatic rings. The van der Waals surface area contributed by atoms with E-state index in [1.807, 2.05) is 0 Å². The summed E-state index contributed by atoms with van der Waals surface area (Å²) in [6.45, 7) is 2.06. The van der Waals surface area contributed by atoms with Crippen molar-refractivity contribution in [2.75, 3.05) is 23.9 Å². The first kappa shape index (κ1) is 11.4. The molecule has 0 radical (unpaired) electrons. The van der Waals surface area contributed by atoms with E-state index in [-0.39, 0.29) is 18.1 Å². The molecule has 5 N–H and O–H groups in total. The van der Waals surface area contributed by atoms with Gasteiger partial charge < -0.3 is 21.5 Å². The summed E-state index contributed by atoms with van der Waals surface area (Å²) in [6, 6.07) is 0. The largest absolute Gasteiger partial charge is 0.368 e. The highest BCUT2D eigenvalue weighted by molar-refractivity contribution is 5.37. The van der Waals surface area contributed by atoms with Crippen LogP contribution in [-0.4, -0.2) is 28.3 Å². The molecule has 1 aromatic heterocycles. The van der Waals surface area contributed by atoms with E-state index in [2.05, 4.69) is 27.2 Å². The van der Waals surface area contributed by atoms with Crippen molar-refractivity contribution in [2.45, 2.75) is 26.0 Å². The normalized spacial score (nSPS) is 12.4. The van der Waals surface area contributed by atoms with Crippen molar-refractivity contribution in [2.24, 2.45) is 0 Å². The van der Waals surface area contributed by atoms with Crippen LogP contribution in [0, 0.1) is 0 Å². The number of anilines is 3. The van der Waals surface area contributed by atoms with Crippen LogP contribution >= 0.6 is 0 Å². The Morgan fingerprint density at radius 1 is 1.27 bits per heavy atom. The van der Waals surface area contributed by atoms with Gasteiger partial charge in [0, 0.05) is 7.11 Å². The standard InChI is InChI=1S/C8H16N6O/c1-3-4-5(15-2)11-8-13-6(9)12-7(10)14-8/h5H,3-4H2,1-2H3,(H5,9,10,11,12,13,14). The molecule has 0 saturated heterocycles. The molecule has 0 amide bonds. The fraction of sp³-hybridized carbons (Fsp3) is 0.625. The predicted octanol–water partition coefficient (Wildman–Crippen LogP) is 0.221. The highest BCUT2D eigenvalue weighted by Gasteiger charge is 2.08.